The summed E-state index contributed by atoms with van der Waals surface area (Å²) in [5, 5.41) is 11.3. The molecule has 0 bridgehead atoms. The van der Waals surface area contributed by atoms with Crippen molar-refractivity contribution in [1.29, 1.82) is 0 Å². The standard InChI is InChI=1S/C6H4N2O3S/c9-2-1-7-3-4(6(10)11)8-12-5(2)3/h7H,1H2,(H,10,11). The average Bonchev–Trinajstić information content (AvgIpc) is 2.53. The van der Waals surface area contributed by atoms with Crippen LogP contribution in [-0.4, -0.2) is 27.8 Å². The summed E-state index contributed by atoms with van der Waals surface area (Å²) in [6.45, 7) is 0.184. The summed E-state index contributed by atoms with van der Waals surface area (Å²) in [6, 6.07) is 0. The lowest BCUT2D eigenvalue weighted by Crippen LogP contribution is -2.04. The SMILES string of the molecule is O=C(O)c1nsc2c1NCC2=O. The maximum atomic E-state index is 11.0. The van der Waals surface area contributed by atoms with E-state index in [2.05, 4.69) is 9.69 Å². The normalized spacial score (nSPS) is 14.2. The Balaban J connectivity index is 2.56. The molecule has 0 spiro atoms. The predicted molar refractivity (Wildman–Crippen MR) is 41.9 cm³/mol. The van der Waals surface area contributed by atoms with Crippen LogP contribution >= 0.6 is 11.5 Å². The van der Waals surface area contributed by atoms with Crippen molar-refractivity contribution in [3.8, 4) is 0 Å². The minimum atomic E-state index is -1.10. The van der Waals surface area contributed by atoms with Gasteiger partial charge in [0.2, 0.25) is 0 Å². The highest BCUT2D eigenvalue weighted by atomic mass is 32.1. The molecule has 1 aliphatic rings. The van der Waals surface area contributed by atoms with E-state index in [0.29, 0.717) is 10.6 Å². The van der Waals surface area contributed by atoms with Gasteiger partial charge >= 0.3 is 5.97 Å². The smallest absolute Gasteiger partial charge is 0.357 e. The molecule has 0 unspecified atom stereocenters. The molecule has 12 heavy (non-hydrogen) atoms. The zero-order valence-corrected chi connectivity index (χ0v) is 6.64. The molecule has 0 saturated carbocycles. The van der Waals surface area contributed by atoms with Gasteiger partial charge in [-0.15, -0.1) is 0 Å². The Labute approximate surface area is 71.2 Å². The number of fused-ring (bicyclic) bond motifs is 1. The summed E-state index contributed by atoms with van der Waals surface area (Å²) >= 11 is 0.932. The number of aromatic nitrogens is 1. The molecule has 2 heterocycles. The Morgan fingerprint density at radius 2 is 2.42 bits per heavy atom. The second-order valence-corrected chi connectivity index (χ2v) is 3.09. The summed E-state index contributed by atoms with van der Waals surface area (Å²) < 4.78 is 3.65. The van der Waals surface area contributed by atoms with Crippen molar-refractivity contribution in [2.45, 2.75) is 0 Å². The van der Waals surface area contributed by atoms with E-state index >= 15 is 0 Å². The minimum absolute atomic E-state index is 0.0548. The molecular formula is C6H4N2O3S. The number of hydrogen-bond donors (Lipinski definition) is 2. The van der Waals surface area contributed by atoms with Gasteiger partial charge in [-0.25, -0.2) is 4.79 Å². The highest BCUT2D eigenvalue weighted by Gasteiger charge is 2.28. The van der Waals surface area contributed by atoms with Crippen LogP contribution in [0, 0.1) is 0 Å². The lowest BCUT2D eigenvalue weighted by molar-refractivity contribution is 0.0693. The molecule has 0 fully saturated rings. The van der Waals surface area contributed by atoms with Gasteiger partial charge < -0.3 is 10.4 Å². The number of carboxylic acids is 1. The first-order chi connectivity index (χ1) is 5.70. The van der Waals surface area contributed by atoms with Crippen molar-refractivity contribution in [3.63, 3.8) is 0 Å². The molecule has 1 aromatic rings. The van der Waals surface area contributed by atoms with Crippen LogP contribution in [0.5, 0.6) is 0 Å². The molecule has 0 aliphatic carbocycles. The maximum Gasteiger partial charge on any atom is 0.357 e. The van der Waals surface area contributed by atoms with E-state index in [1.54, 1.807) is 0 Å². The first kappa shape index (κ1) is 7.23. The van der Waals surface area contributed by atoms with Crippen LogP contribution in [0.1, 0.15) is 20.2 Å². The van der Waals surface area contributed by atoms with Crippen LogP contribution < -0.4 is 5.32 Å². The molecule has 0 aromatic carbocycles. The van der Waals surface area contributed by atoms with Crippen LogP contribution in [0.4, 0.5) is 5.69 Å². The summed E-state index contributed by atoms with van der Waals surface area (Å²) in [4.78, 5) is 22.0. The Hall–Kier alpha value is -1.43. The van der Waals surface area contributed by atoms with Gasteiger partial charge in [0, 0.05) is 0 Å². The average molecular weight is 184 g/mol. The van der Waals surface area contributed by atoms with E-state index in [1.165, 1.54) is 0 Å². The molecular weight excluding hydrogens is 180 g/mol. The van der Waals surface area contributed by atoms with Gasteiger partial charge in [0.05, 0.1) is 12.2 Å². The predicted octanol–water partition coefficient (Wildman–Crippen LogP) is 0.449. The van der Waals surface area contributed by atoms with Crippen molar-refractivity contribution in [2.24, 2.45) is 0 Å². The molecule has 0 saturated heterocycles. The fraction of sp³-hybridized carbons (Fsp3) is 0.167. The third-order valence-corrected chi connectivity index (χ3v) is 2.46. The summed E-state index contributed by atoms with van der Waals surface area (Å²) in [7, 11) is 0. The van der Waals surface area contributed by atoms with Gasteiger partial charge in [0.1, 0.15) is 4.88 Å². The van der Waals surface area contributed by atoms with Crippen molar-refractivity contribution < 1.29 is 14.7 Å². The topological polar surface area (TPSA) is 79.3 Å². The van der Waals surface area contributed by atoms with E-state index in [4.69, 9.17) is 5.11 Å². The van der Waals surface area contributed by atoms with Crippen LogP contribution in [0.2, 0.25) is 0 Å². The van der Waals surface area contributed by atoms with Crippen LogP contribution in [-0.2, 0) is 0 Å². The van der Waals surface area contributed by atoms with Crippen molar-refractivity contribution in [2.75, 3.05) is 11.9 Å². The number of anilines is 1. The third-order valence-electron chi connectivity index (χ3n) is 1.57. The highest BCUT2D eigenvalue weighted by molar-refractivity contribution is 7.09. The Morgan fingerprint density at radius 3 is 3.08 bits per heavy atom. The first-order valence-electron chi connectivity index (χ1n) is 3.20. The van der Waals surface area contributed by atoms with Crippen molar-refractivity contribution in [3.05, 3.63) is 10.6 Å². The number of nitrogens with one attached hydrogen (secondary N) is 1. The number of carbonyl (C=O) groups excluding carboxylic acids is 1. The number of ketones is 1. The van der Waals surface area contributed by atoms with Gasteiger partial charge in [-0.2, -0.15) is 4.37 Å². The molecule has 2 N–H and O–H groups in total. The second-order valence-electron chi connectivity index (χ2n) is 2.32. The number of rotatable bonds is 1. The Morgan fingerprint density at radius 1 is 1.67 bits per heavy atom. The number of carboxylic acid groups (broad SMARTS) is 1. The molecule has 6 heteroatoms. The Bertz CT molecular complexity index is 371. The van der Waals surface area contributed by atoms with Crippen molar-refractivity contribution in [1.82, 2.24) is 4.37 Å². The second kappa shape index (κ2) is 2.28. The number of carbonyl (C=O) groups is 2. The molecule has 5 nitrogen and oxygen atoms in total. The highest BCUT2D eigenvalue weighted by Crippen LogP contribution is 2.29. The van der Waals surface area contributed by atoms with Gasteiger partial charge in [-0.05, 0) is 11.5 Å². The quantitative estimate of drug-likeness (QED) is 0.662. The molecule has 0 radical (unpaired) electrons. The number of nitrogens with zero attached hydrogens (tertiary/aromatic N) is 1. The van der Waals surface area contributed by atoms with E-state index in [9.17, 15) is 9.59 Å². The summed E-state index contributed by atoms with van der Waals surface area (Å²) in [6.07, 6.45) is 0. The van der Waals surface area contributed by atoms with Gasteiger partial charge in [0.15, 0.2) is 11.5 Å². The van der Waals surface area contributed by atoms with Crippen LogP contribution in [0.25, 0.3) is 0 Å². The Kier molecular flexibility index (Phi) is 1.37. The lowest BCUT2D eigenvalue weighted by atomic mass is 10.3. The molecule has 0 amide bonds. The first-order valence-corrected chi connectivity index (χ1v) is 3.97. The zero-order chi connectivity index (χ0) is 8.72. The monoisotopic (exact) mass is 184 g/mol. The molecule has 0 atom stereocenters. The molecule has 62 valence electrons. The largest absolute Gasteiger partial charge is 0.476 e. The minimum Gasteiger partial charge on any atom is -0.476 e. The van der Waals surface area contributed by atoms with E-state index in [-0.39, 0.29) is 18.0 Å². The number of Topliss-reactive ketones (excluding diaryl/α,β-unsaturated/α-hetero) is 1. The van der Waals surface area contributed by atoms with E-state index < -0.39 is 5.97 Å². The van der Waals surface area contributed by atoms with E-state index in [0.717, 1.165) is 11.5 Å². The maximum absolute atomic E-state index is 11.0. The molecule has 1 aliphatic heterocycles. The summed E-state index contributed by atoms with van der Waals surface area (Å²) in [5.74, 6) is -1.19. The number of hydrogen-bond acceptors (Lipinski definition) is 5. The van der Waals surface area contributed by atoms with Crippen LogP contribution in [0.15, 0.2) is 0 Å². The van der Waals surface area contributed by atoms with E-state index in [1.807, 2.05) is 0 Å². The fourth-order valence-electron chi connectivity index (χ4n) is 1.04. The van der Waals surface area contributed by atoms with Gasteiger partial charge in [-0.1, -0.05) is 0 Å². The lowest BCUT2D eigenvalue weighted by Gasteiger charge is -1.92. The van der Waals surface area contributed by atoms with Gasteiger partial charge in [-0.3, -0.25) is 4.79 Å². The van der Waals surface area contributed by atoms with Crippen molar-refractivity contribution >= 4 is 29.0 Å². The zero-order valence-electron chi connectivity index (χ0n) is 5.83. The van der Waals surface area contributed by atoms with Gasteiger partial charge in [0.25, 0.3) is 0 Å². The number of aromatic carboxylic acids is 1. The fourth-order valence-corrected chi connectivity index (χ4v) is 1.83. The molecule has 1 aromatic heterocycles. The summed E-state index contributed by atoms with van der Waals surface area (Å²) in [5.41, 5.74) is 0.318. The molecule has 2 rings (SSSR count). The van der Waals surface area contributed by atoms with Crippen LogP contribution in [0.3, 0.4) is 0 Å². The third kappa shape index (κ3) is 0.814.